The van der Waals surface area contributed by atoms with Gasteiger partial charge in [0.15, 0.2) is 0 Å². The SMILES string of the molecule is CCCCCCCCC(O)COC(CCCCCCCC)COCCC. The summed E-state index contributed by atoms with van der Waals surface area (Å²) >= 11 is 0. The third kappa shape index (κ3) is 18.7. The predicted molar refractivity (Wildman–Crippen MR) is 113 cm³/mol. The summed E-state index contributed by atoms with van der Waals surface area (Å²) in [4.78, 5) is 0. The van der Waals surface area contributed by atoms with Crippen molar-refractivity contribution in [3.05, 3.63) is 0 Å². The highest BCUT2D eigenvalue weighted by molar-refractivity contribution is 4.62. The maximum atomic E-state index is 10.2. The molecule has 0 aromatic heterocycles. The van der Waals surface area contributed by atoms with Gasteiger partial charge in [0.1, 0.15) is 0 Å². The van der Waals surface area contributed by atoms with Gasteiger partial charge in [0.2, 0.25) is 0 Å². The van der Waals surface area contributed by atoms with Crippen molar-refractivity contribution < 1.29 is 14.6 Å². The number of unbranched alkanes of at least 4 members (excludes halogenated alkanes) is 10. The summed E-state index contributed by atoms with van der Waals surface area (Å²) in [5, 5.41) is 10.2. The molecule has 0 bridgehead atoms. The first-order valence-electron chi connectivity index (χ1n) is 11.6. The molecule has 1 N–H and O–H groups in total. The van der Waals surface area contributed by atoms with Crippen LogP contribution in [0.25, 0.3) is 0 Å². The van der Waals surface area contributed by atoms with Crippen molar-refractivity contribution in [2.45, 2.75) is 129 Å². The van der Waals surface area contributed by atoms with Gasteiger partial charge in [0.05, 0.1) is 25.4 Å². The maximum absolute atomic E-state index is 10.2. The topological polar surface area (TPSA) is 38.7 Å². The van der Waals surface area contributed by atoms with E-state index in [1.807, 2.05) is 0 Å². The first kappa shape index (κ1) is 25.9. The Balaban J connectivity index is 3.81. The van der Waals surface area contributed by atoms with Gasteiger partial charge in [-0.1, -0.05) is 97.8 Å². The highest BCUT2D eigenvalue weighted by Crippen LogP contribution is 2.13. The Bertz CT molecular complexity index is 258. The molecule has 0 radical (unpaired) electrons. The van der Waals surface area contributed by atoms with Crippen LogP contribution in [-0.4, -0.2) is 37.1 Å². The largest absolute Gasteiger partial charge is 0.391 e. The van der Waals surface area contributed by atoms with E-state index in [-0.39, 0.29) is 12.2 Å². The molecule has 0 aromatic rings. The standard InChI is InChI=1S/C23H48O3/c1-4-7-9-11-13-15-17-22(24)20-26-23(21-25-19-6-3)18-16-14-12-10-8-5-2/h22-24H,4-21H2,1-3H3. The van der Waals surface area contributed by atoms with Crippen LogP contribution in [0.1, 0.15) is 117 Å². The number of rotatable bonds is 21. The third-order valence-corrected chi connectivity index (χ3v) is 4.95. The van der Waals surface area contributed by atoms with Gasteiger partial charge in [-0.3, -0.25) is 0 Å². The lowest BCUT2D eigenvalue weighted by molar-refractivity contribution is -0.0542. The van der Waals surface area contributed by atoms with Crippen molar-refractivity contribution in [1.82, 2.24) is 0 Å². The van der Waals surface area contributed by atoms with Crippen LogP contribution in [-0.2, 0) is 9.47 Å². The Morgan fingerprint density at radius 3 is 1.73 bits per heavy atom. The van der Waals surface area contributed by atoms with E-state index in [1.165, 1.54) is 70.6 Å². The van der Waals surface area contributed by atoms with Gasteiger partial charge >= 0.3 is 0 Å². The van der Waals surface area contributed by atoms with Gasteiger partial charge in [-0.15, -0.1) is 0 Å². The van der Waals surface area contributed by atoms with Gasteiger partial charge in [-0.05, 0) is 19.3 Å². The third-order valence-electron chi connectivity index (χ3n) is 4.95. The molecule has 2 unspecified atom stereocenters. The van der Waals surface area contributed by atoms with Crippen molar-refractivity contribution in [2.24, 2.45) is 0 Å². The smallest absolute Gasteiger partial charge is 0.0809 e. The Morgan fingerprint density at radius 2 is 1.15 bits per heavy atom. The molecule has 0 aliphatic rings. The van der Waals surface area contributed by atoms with Gasteiger partial charge in [-0.2, -0.15) is 0 Å². The van der Waals surface area contributed by atoms with Crippen LogP contribution in [0.15, 0.2) is 0 Å². The maximum Gasteiger partial charge on any atom is 0.0809 e. The van der Waals surface area contributed by atoms with Crippen LogP contribution in [0.2, 0.25) is 0 Å². The number of aliphatic hydroxyl groups excluding tert-OH is 1. The number of hydrogen-bond acceptors (Lipinski definition) is 3. The summed E-state index contributed by atoms with van der Waals surface area (Å²) in [5.74, 6) is 0. The summed E-state index contributed by atoms with van der Waals surface area (Å²) in [6, 6.07) is 0. The molecule has 158 valence electrons. The molecular formula is C23H48O3. The second-order valence-electron chi connectivity index (χ2n) is 7.80. The summed E-state index contributed by atoms with van der Waals surface area (Å²) in [7, 11) is 0. The molecule has 0 amide bonds. The van der Waals surface area contributed by atoms with Gasteiger partial charge in [-0.25, -0.2) is 0 Å². The summed E-state index contributed by atoms with van der Waals surface area (Å²) < 4.78 is 11.7. The van der Waals surface area contributed by atoms with Gasteiger partial charge in [0.25, 0.3) is 0 Å². The zero-order chi connectivity index (χ0) is 19.3. The molecule has 0 aliphatic heterocycles. The van der Waals surface area contributed by atoms with Crippen LogP contribution in [0, 0.1) is 0 Å². The van der Waals surface area contributed by atoms with E-state index in [0.717, 1.165) is 32.3 Å². The van der Waals surface area contributed by atoms with Crippen LogP contribution in [0.5, 0.6) is 0 Å². The minimum atomic E-state index is -0.320. The molecule has 2 atom stereocenters. The zero-order valence-electron chi connectivity index (χ0n) is 18.1. The lowest BCUT2D eigenvalue weighted by Crippen LogP contribution is -2.26. The molecular weight excluding hydrogens is 324 g/mol. The van der Waals surface area contributed by atoms with Crippen molar-refractivity contribution in [3.63, 3.8) is 0 Å². The molecule has 0 aromatic carbocycles. The van der Waals surface area contributed by atoms with E-state index in [1.54, 1.807) is 0 Å². The fourth-order valence-corrected chi connectivity index (χ4v) is 3.22. The van der Waals surface area contributed by atoms with Crippen LogP contribution >= 0.6 is 0 Å². The van der Waals surface area contributed by atoms with Crippen LogP contribution < -0.4 is 0 Å². The summed E-state index contributed by atoms with van der Waals surface area (Å²) in [6.45, 7) is 8.57. The van der Waals surface area contributed by atoms with E-state index >= 15 is 0 Å². The lowest BCUT2D eigenvalue weighted by atomic mass is 10.1. The minimum Gasteiger partial charge on any atom is -0.391 e. The molecule has 0 heterocycles. The molecule has 3 nitrogen and oxygen atoms in total. The van der Waals surface area contributed by atoms with E-state index < -0.39 is 0 Å². The first-order valence-corrected chi connectivity index (χ1v) is 11.6. The molecule has 3 heteroatoms. The summed E-state index contributed by atoms with van der Waals surface area (Å²) in [5.41, 5.74) is 0. The Hall–Kier alpha value is -0.120. The quantitative estimate of drug-likeness (QED) is 0.229. The van der Waals surface area contributed by atoms with Crippen molar-refractivity contribution in [2.75, 3.05) is 19.8 Å². The summed E-state index contributed by atoms with van der Waals surface area (Å²) in [6.07, 6.45) is 18.2. The molecule has 0 spiro atoms. The fraction of sp³-hybridized carbons (Fsp3) is 1.00. The van der Waals surface area contributed by atoms with E-state index in [9.17, 15) is 5.11 Å². The zero-order valence-corrected chi connectivity index (χ0v) is 18.1. The van der Waals surface area contributed by atoms with Crippen LogP contribution in [0.4, 0.5) is 0 Å². The van der Waals surface area contributed by atoms with Crippen molar-refractivity contribution in [3.8, 4) is 0 Å². The predicted octanol–water partition coefficient (Wildman–Crippen LogP) is 6.66. The molecule has 26 heavy (non-hydrogen) atoms. The van der Waals surface area contributed by atoms with E-state index in [0.29, 0.717) is 13.2 Å². The highest BCUT2D eigenvalue weighted by Gasteiger charge is 2.12. The second-order valence-corrected chi connectivity index (χ2v) is 7.80. The Morgan fingerprint density at radius 1 is 0.615 bits per heavy atom. The van der Waals surface area contributed by atoms with Gasteiger partial charge in [0, 0.05) is 6.61 Å². The highest BCUT2D eigenvalue weighted by atomic mass is 16.5. The second kappa shape index (κ2) is 21.2. The molecule has 0 aliphatic carbocycles. The molecule has 0 saturated heterocycles. The molecule has 0 saturated carbocycles. The van der Waals surface area contributed by atoms with Crippen molar-refractivity contribution in [1.29, 1.82) is 0 Å². The van der Waals surface area contributed by atoms with E-state index in [4.69, 9.17) is 9.47 Å². The normalized spacial score (nSPS) is 13.8. The molecule has 0 fully saturated rings. The number of aliphatic hydroxyl groups is 1. The van der Waals surface area contributed by atoms with Gasteiger partial charge < -0.3 is 14.6 Å². The fourth-order valence-electron chi connectivity index (χ4n) is 3.22. The monoisotopic (exact) mass is 372 g/mol. The number of ether oxygens (including phenoxy) is 2. The Labute approximate surface area is 164 Å². The lowest BCUT2D eigenvalue weighted by Gasteiger charge is -2.20. The van der Waals surface area contributed by atoms with Crippen molar-refractivity contribution >= 4 is 0 Å². The molecule has 0 rings (SSSR count). The van der Waals surface area contributed by atoms with Crippen LogP contribution in [0.3, 0.4) is 0 Å². The minimum absolute atomic E-state index is 0.145. The van der Waals surface area contributed by atoms with E-state index in [2.05, 4.69) is 20.8 Å². The average Bonchev–Trinajstić information content (AvgIpc) is 2.65. The Kier molecular flexibility index (Phi) is 21.1. The first-order chi connectivity index (χ1) is 12.7. The average molecular weight is 373 g/mol. The number of hydrogen-bond donors (Lipinski definition) is 1.